The number of aromatic nitrogens is 2. The maximum Gasteiger partial charge on any atom is 0.329 e. The minimum absolute atomic E-state index is 0.0371. The smallest absolute Gasteiger partial charge is 0.329 e. The van der Waals surface area contributed by atoms with E-state index in [1.54, 1.807) is 24.3 Å². The standard InChI is InChI=1S/C17H19N3O4/c21-14-12-8-4-3-7-11(12)13(19-20-14)15(22)18-17(16(23)24)9-5-1-2-6-10-17/h3-4,7-8H,1-2,5-6,9-10H2,(H,18,22)(H,20,21)(H,23,24). The van der Waals surface area contributed by atoms with E-state index in [0.717, 1.165) is 25.7 Å². The Bertz CT molecular complexity index is 835. The maximum atomic E-state index is 12.7. The first kappa shape index (κ1) is 16.2. The zero-order valence-electron chi connectivity index (χ0n) is 13.2. The van der Waals surface area contributed by atoms with Crippen molar-refractivity contribution in [1.82, 2.24) is 15.5 Å². The molecule has 0 spiro atoms. The predicted molar refractivity (Wildman–Crippen MR) is 87.9 cm³/mol. The third-order valence-electron chi connectivity index (χ3n) is 4.63. The molecule has 0 aliphatic heterocycles. The lowest BCUT2D eigenvalue weighted by atomic mass is 9.90. The first-order chi connectivity index (χ1) is 11.5. The first-order valence-corrected chi connectivity index (χ1v) is 8.07. The molecule has 2 aromatic rings. The molecule has 1 aromatic carbocycles. The van der Waals surface area contributed by atoms with Gasteiger partial charge in [0.15, 0.2) is 5.69 Å². The van der Waals surface area contributed by atoms with E-state index in [2.05, 4.69) is 15.5 Å². The topological polar surface area (TPSA) is 112 Å². The fourth-order valence-corrected chi connectivity index (χ4v) is 3.29. The van der Waals surface area contributed by atoms with Crippen molar-refractivity contribution in [3.63, 3.8) is 0 Å². The molecule has 1 heterocycles. The normalized spacial score (nSPS) is 17.2. The Labute approximate surface area is 138 Å². The molecule has 0 saturated heterocycles. The lowest BCUT2D eigenvalue weighted by Gasteiger charge is -2.29. The Balaban J connectivity index is 1.98. The molecule has 3 rings (SSSR count). The van der Waals surface area contributed by atoms with Crippen molar-refractivity contribution in [3.8, 4) is 0 Å². The number of rotatable bonds is 3. The third kappa shape index (κ3) is 2.89. The van der Waals surface area contributed by atoms with Gasteiger partial charge in [-0.3, -0.25) is 9.59 Å². The summed E-state index contributed by atoms with van der Waals surface area (Å²) in [6.07, 6.45) is 4.24. The van der Waals surface area contributed by atoms with Crippen LogP contribution in [0.4, 0.5) is 0 Å². The maximum absolute atomic E-state index is 12.7. The molecule has 0 bridgehead atoms. The van der Waals surface area contributed by atoms with Crippen LogP contribution in [0.2, 0.25) is 0 Å². The second-order valence-electron chi connectivity index (χ2n) is 6.20. The lowest BCUT2D eigenvalue weighted by Crippen LogP contribution is -2.54. The average molecular weight is 329 g/mol. The van der Waals surface area contributed by atoms with E-state index >= 15 is 0 Å². The van der Waals surface area contributed by atoms with Crippen LogP contribution >= 0.6 is 0 Å². The zero-order valence-corrected chi connectivity index (χ0v) is 13.2. The molecule has 0 radical (unpaired) electrons. The highest BCUT2D eigenvalue weighted by Crippen LogP contribution is 2.28. The number of nitrogens with one attached hydrogen (secondary N) is 2. The SMILES string of the molecule is O=C(NC1(C(=O)O)CCCCCC1)c1n[nH]c(=O)c2ccccc12. The molecule has 0 unspecified atom stereocenters. The minimum atomic E-state index is -1.27. The van der Waals surface area contributed by atoms with Crippen molar-refractivity contribution in [2.45, 2.75) is 44.1 Å². The summed E-state index contributed by atoms with van der Waals surface area (Å²) in [4.78, 5) is 36.3. The summed E-state index contributed by atoms with van der Waals surface area (Å²) in [5.74, 6) is -1.60. The van der Waals surface area contributed by atoms with Crippen molar-refractivity contribution in [3.05, 3.63) is 40.3 Å². The molecule has 1 saturated carbocycles. The molecule has 24 heavy (non-hydrogen) atoms. The van der Waals surface area contributed by atoms with Crippen molar-refractivity contribution in [2.75, 3.05) is 0 Å². The number of aromatic amines is 1. The zero-order chi connectivity index (χ0) is 17.2. The first-order valence-electron chi connectivity index (χ1n) is 8.07. The second kappa shape index (κ2) is 6.43. The van der Waals surface area contributed by atoms with Gasteiger partial charge in [0.25, 0.3) is 11.5 Å². The Kier molecular flexibility index (Phi) is 4.33. The van der Waals surface area contributed by atoms with Gasteiger partial charge in [-0.25, -0.2) is 9.89 Å². The van der Waals surface area contributed by atoms with E-state index in [1.807, 2.05) is 0 Å². The van der Waals surface area contributed by atoms with Gasteiger partial charge < -0.3 is 10.4 Å². The summed E-state index contributed by atoms with van der Waals surface area (Å²) in [5.41, 5.74) is -1.62. The van der Waals surface area contributed by atoms with Gasteiger partial charge in [0, 0.05) is 5.39 Å². The van der Waals surface area contributed by atoms with E-state index < -0.39 is 17.4 Å². The fraction of sp³-hybridized carbons (Fsp3) is 0.412. The number of fused-ring (bicyclic) bond motifs is 1. The number of hydrogen-bond acceptors (Lipinski definition) is 4. The van der Waals surface area contributed by atoms with Gasteiger partial charge >= 0.3 is 5.97 Å². The molecule has 1 fully saturated rings. The van der Waals surface area contributed by atoms with Gasteiger partial charge in [0.2, 0.25) is 0 Å². The van der Waals surface area contributed by atoms with Crippen LogP contribution in [0.25, 0.3) is 10.8 Å². The second-order valence-corrected chi connectivity index (χ2v) is 6.20. The number of H-pyrrole nitrogens is 1. The Morgan fingerprint density at radius 1 is 1.08 bits per heavy atom. The number of nitrogens with zero attached hydrogens (tertiary/aromatic N) is 1. The van der Waals surface area contributed by atoms with Gasteiger partial charge in [-0.05, 0) is 18.9 Å². The quantitative estimate of drug-likeness (QED) is 0.744. The molecule has 3 N–H and O–H groups in total. The summed E-state index contributed by atoms with van der Waals surface area (Å²) in [5, 5.41) is 19.3. The van der Waals surface area contributed by atoms with Gasteiger partial charge in [0.1, 0.15) is 5.54 Å². The van der Waals surface area contributed by atoms with Crippen LogP contribution in [0.3, 0.4) is 0 Å². The number of carbonyl (C=O) groups excluding carboxylic acids is 1. The number of aliphatic carboxylic acids is 1. The van der Waals surface area contributed by atoms with E-state index in [-0.39, 0.29) is 11.3 Å². The Morgan fingerprint density at radius 2 is 1.71 bits per heavy atom. The number of carboxylic acid groups (broad SMARTS) is 1. The molecule has 1 aliphatic rings. The van der Waals surface area contributed by atoms with E-state index in [4.69, 9.17) is 0 Å². The summed E-state index contributed by atoms with van der Waals surface area (Å²) >= 11 is 0. The highest BCUT2D eigenvalue weighted by molar-refractivity contribution is 6.06. The summed E-state index contributed by atoms with van der Waals surface area (Å²) < 4.78 is 0. The van der Waals surface area contributed by atoms with Crippen molar-refractivity contribution in [2.24, 2.45) is 0 Å². The van der Waals surface area contributed by atoms with Crippen LogP contribution in [0.15, 0.2) is 29.1 Å². The van der Waals surface area contributed by atoms with Crippen molar-refractivity contribution in [1.29, 1.82) is 0 Å². The average Bonchev–Trinajstić information content (AvgIpc) is 2.82. The van der Waals surface area contributed by atoms with Gasteiger partial charge in [0.05, 0.1) is 5.39 Å². The molecule has 7 nitrogen and oxygen atoms in total. The predicted octanol–water partition coefficient (Wildman–Crippen LogP) is 1.83. The number of carbonyl (C=O) groups is 2. The fourth-order valence-electron chi connectivity index (χ4n) is 3.29. The summed E-state index contributed by atoms with van der Waals surface area (Å²) in [6.45, 7) is 0. The summed E-state index contributed by atoms with van der Waals surface area (Å²) in [6, 6.07) is 6.64. The molecular weight excluding hydrogens is 310 g/mol. The highest BCUT2D eigenvalue weighted by atomic mass is 16.4. The van der Waals surface area contributed by atoms with Crippen LogP contribution in [0, 0.1) is 0 Å². The summed E-state index contributed by atoms with van der Waals surface area (Å²) in [7, 11) is 0. The number of hydrogen-bond donors (Lipinski definition) is 3. The largest absolute Gasteiger partial charge is 0.480 e. The van der Waals surface area contributed by atoms with Gasteiger partial charge in [-0.1, -0.05) is 43.9 Å². The van der Waals surface area contributed by atoms with Crippen LogP contribution in [0.1, 0.15) is 49.0 Å². The van der Waals surface area contributed by atoms with E-state index in [1.165, 1.54) is 0 Å². The van der Waals surface area contributed by atoms with Crippen molar-refractivity contribution >= 4 is 22.6 Å². The minimum Gasteiger partial charge on any atom is -0.480 e. The van der Waals surface area contributed by atoms with Crippen molar-refractivity contribution < 1.29 is 14.7 Å². The molecule has 0 atom stereocenters. The van der Waals surface area contributed by atoms with Crippen LogP contribution in [-0.2, 0) is 4.79 Å². The lowest BCUT2D eigenvalue weighted by molar-refractivity contribution is -0.145. The van der Waals surface area contributed by atoms with E-state index in [0.29, 0.717) is 23.6 Å². The molecule has 1 amide bonds. The van der Waals surface area contributed by atoms with Gasteiger partial charge in [-0.15, -0.1) is 0 Å². The molecule has 1 aromatic heterocycles. The highest BCUT2D eigenvalue weighted by Gasteiger charge is 2.40. The molecular formula is C17H19N3O4. The monoisotopic (exact) mass is 329 g/mol. The number of carboxylic acids is 1. The van der Waals surface area contributed by atoms with Crippen LogP contribution < -0.4 is 10.9 Å². The number of amides is 1. The third-order valence-corrected chi connectivity index (χ3v) is 4.63. The Hall–Kier alpha value is -2.70. The van der Waals surface area contributed by atoms with E-state index in [9.17, 15) is 19.5 Å². The number of benzene rings is 1. The van der Waals surface area contributed by atoms with Gasteiger partial charge in [-0.2, -0.15) is 5.10 Å². The van der Waals surface area contributed by atoms with Crippen LogP contribution in [0.5, 0.6) is 0 Å². The van der Waals surface area contributed by atoms with Crippen LogP contribution in [-0.4, -0.2) is 32.7 Å². The Morgan fingerprint density at radius 3 is 2.33 bits per heavy atom. The molecule has 1 aliphatic carbocycles. The molecule has 7 heteroatoms. The molecule has 126 valence electrons.